The monoisotopic (exact) mass is 370 g/mol. The molecule has 2 saturated heterocycles. The molecule has 0 unspecified atom stereocenters. The topological polar surface area (TPSA) is 51.7 Å². The highest BCUT2D eigenvalue weighted by Gasteiger charge is 2.51. The molecule has 0 saturated carbocycles. The third-order valence-electron chi connectivity index (χ3n) is 4.91. The molecule has 2 aliphatic heterocycles. The molecule has 1 aromatic carbocycles. The van der Waals surface area contributed by atoms with Crippen molar-refractivity contribution in [1.29, 1.82) is 0 Å². The zero-order chi connectivity index (χ0) is 18.0. The number of hydrogen-bond acceptors (Lipinski definition) is 5. The van der Waals surface area contributed by atoms with Crippen LogP contribution in [0.1, 0.15) is 12.0 Å². The zero-order valence-corrected chi connectivity index (χ0v) is 15.6. The molecule has 1 spiro atoms. The number of thioether (sulfide) groups is 1. The third-order valence-corrected chi connectivity index (χ3v) is 6.49. The van der Waals surface area contributed by atoms with Gasteiger partial charge in [-0.2, -0.15) is 0 Å². The lowest BCUT2D eigenvalue weighted by molar-refractivity contribution is -0.135. The average Bonchev–Trinajstić information content (AvgIpc) is 3.05. The number of carbonyl (C=O) groups excluding carboxylic acids is 1. The first-order valence-corrected chi connectivity index (χ1v) is 9.76. The van der Waals surface area contributed by atoms with Crippen molar-refractivity contribution < 1.29 is 14.3 Å². The summed E-state index contributed by atoms with van der Waals surface area (Å²) in [5.41, 5.74) is 0.993. The smallest absolute Gasteiger partial charge is 0.227 e. The Morgan fingerprint density at radius 3 is 2.92 bits per heavy atom. The molecule has 0 radical (unpaired) electrons. The summed E-state index contributed by atoms with van der Waals surface area (Å²) in [7, 11) is 1.64. The standard InChI is InChI=1S/C20H22N2O3S/c1-24-16-5-2-4-15(8-16)9-19(23)22-13-20(14-22)10-18(12-26-20)25-17-6-3-7-21-11-17/h2-8,11,18H,9-10,12-14H2,1H3/t18-/m1/s1. The molecule has 26 heavy (non-hydrogen) atoms. The normalized spacial score (nSPS) is 20.7. The summed E-state index contributed by atoms with van der Waals surface area (Å²) >= 11 is 1.93. The van der Waals surface area contributed by atoms with Crippen LogP contribution in [0.3, 0.4) is 0 Å². The summed E-state index contributed by atoms with van der Waals surface area (Å²) in [6.07, 6.45) is 5.10. The summed E-state index contributed by atoms with van der Waals surface area (Å²) < 4.78 is 11.4. The number of aromatic nitrogens is 1. The molecule has 2 aliphatic rings. The molecular formula is C20H22N2O3S. The SMILES string of the molecule is COc1cccc(CC(=O)N2CC3(C[C@@H](Oc4cccnc4)CS3)C2)c1. The van der Waals surface area contributed by atoms with Crippen molar-refractivity contribution >= 4 is 17.7 Å². The number of pyridine rings is 1. The second-order valence-corrected chi connectivity index (χ2v) is 8.39. The van der Waals surface area contributed by atoms with Gasteiger partial charge >= 0.3 is 0 Å². The Morgan fingerprint density at radius 1 is 1.31 bits per heavy atom. The van der Waals surface area contributed by atoms with E-state index in [1.807, 2.05) is 53.1 Å². The van der Waals surface area contributed by atoms with Gasteiger partial charge in [-0.25, -0.2) is 0 Å². The van der Waals surface area contributed by atoms with Crippen LogP contribution < -0.4 is 9.47 Å². The summed E-state index contributed by atoms with van der Waals surface area (Å²) in [5.74, 6) is 2.76. The van der Waals surface area contributed by atoms with Gasteiger partial charge in [0.15, 0.2) is 0 Å². The molecule has 0 aliphatic carbocycles. The minimum atomic E-state index is 0.164. The van der Waals surface area contributed by atoms with E-state index in [4.69, 9.17) is 9.47 Å². The predicted octanol–water partition coefficient (Wildman–Crippen LogP) is 2.80. The van der Waals surface area contributed by atoms with E-state index in [0.717, 1.165) is 42.3 Å². The summed E-state index contributed by atoms with van der Waals surface area (Å²) in [5, 5.41) is 0. The van der Waals surface area contributed by atoms with E-state index >= 15 is 0 Å². The van der Waals surface area contributed by atoms with Crippen LogP contribution in [0.25, 0.3) is 0 Å². The fraction of sp³-hybridized carbons (Fsp3) is 0.400. The fourth-order valence-electron chi connectivity index (χ4n) is 3.60. The number of likely N-dealkylation sites (tertiary alicyclic amines) is 1. The number of rotatable bonds is 5. The van der Waals surface area contributed by atoms with Crippen molar-refractivity contribution in [3.8, 4) is 11.5 Å². The lowest BCUT2D eigenvalue weighted by Crippen LogP contribution is -2.61. The second-order valence-electron chi connectivity index (χ2n) is 6.90. The Balaban J connectivity index is 1.28. The first-order chi connectivity index (χ1) is 12.7. The van der Waals surface area contributed by atoms with Gasteiger partial charge in [0.25, 0.3) is 0 Å². The highest BCUT2D eigenvalue weighted by molar-refractivity contribution is 8.01. The van der Waals surface area contributed by atoms with E-state index in [0.29, 0.717) is 6.42 Å². The Hall–Kier alpha value is -2.21. The van der Waals surface area contributed by atoms with E-state index in [1.165, 1.54) is 0 Å². The number of benzene rings is 1. The van der Waals surface area contributed by atoms with Crippen LogP contribution >= 0.6 is 11.8 Å². The number of nitrogens with zero attached hydrogens (tertiary/aromatic N) is 2. The van der Waals surface area contributed by atoms with Crippen LogP contribution in [0.5, 0.6) is 11.5 Å². The molecule has 5 nitrogen and oxygen atoms in total. The van der Waals surface area contributed by atoms with Crippen molar-refractivity contribution in [2.75, 3.05) is 26.0 Å². The number of hydrogen-bond donors (Lipinski definition) is 0. The lowest BCUT2D eigenvalue weighted by Gasteiger charge is -2.47. The van der Waals surface area contributed by atoms with Gasteiger partial charge in [0.1, 0.15) is 17.6 Å². The third kappa shape index (κ3) is 3.65. The van der Waals surface area contributed by atoms with E-state index in [9.17, 15) is 4.79 Å². The average molecular weight is 370 g/mol. The van der Waals surface area contributed by atoms with Crippen LogP contribution in [0.15, 0.2) is 48.8 Å². The van der Waals surface area contributed by atoms with Gasteiger partial charge in [0.2, 0.25) is 5.91 Å². The summed E-state index contributed by atoms with van der Waals surface area (Å²) in [4.78, 5) is 18.6. The molecular weight excluding hydrogens is 348 g/mol. The molecule has 1 atom stereocenters. The van der Waals surface area contributed by atoms with E-state index < -0.39 is 0 Å². The van der Waals surface area contributed by atoms with Crippen LogP contribution in [0, 0.1) is 0 Å². The Bertz CT molecular complexity index is 778. The number of ether oxygens (including phenoxy) is 2. The summed E-state index contributed by atoms with van der Waals surface area (Å²) in [6, 6.07) is 11.5. The van der Waals surface area contributed by atoms with Gasteiger partial charge < -0.3 is 14.4 Å². The first kappa shape index (κ1) is 17.2. The first-order valence-electron chi connectivity index (χ1n) is 8.77. The van der Waals surface area contributed by atoms with Crippen LogP contribution in [0.4, 0.5) is 0 Å². The largest absolute Gasteiger partial charge is 0.497 e. The van der Waals surface area contributed by atoms with Gasteiger partial charge in [0, 0.05) is 31.5 Å². The number of methoxy groups -OCH3 is 1. The van der Waals surface area contributed by atoms with Crippen molar-refractivity contribution in [3.05, 3.63) is 54.4 Å². The van der Waals surface area contributed by atoms with Crippen LogP contribution in [0.2, 0.25) is 0 Å². The van der Waals surface area contributed by atoms with Crippen LogP contribution in [-0.2, 0) is 11.2 Å². The van der Waals surface area contributed by atoms with Gasteiger partial charge in [-0.05, 0) is 29.8 Å². The lowest BCUT2D eigenvalue weighted by atomic mass is 9.92. The molecule has 0 bridgehead atoms. The molecule has 2 fully saturated rings. The Kier molecular flexibility index (Phi) is 4.76. The highest BCUT2D eigenvalue weighted by atomic mass is 32.2. The Labute approximate surface area is 157 Å². The fourth-order valence-corrected chi connectivity index (χ4v) is 5.13. The van der Waals surface area contributed by atoms with E-state index in [2.05, 4.69) is 4.98 Å². The summed E-state index contributed by atoms with van der Waals surface area (Å²) in [6.45, 7) is 1.63. The van der Waals surface area contributed by atoms with Gasteiger partial charge in [0.05, 0.1) is 24.5 Å². The van der Waals surface area contributed by atoms with Crippen molar-refractivity contribution in [2.45, 2.75) is 23.7 Å². The van der Waals surface area contributed by atoms with Gasteiger partial charge in [-0.1, -0.05) is 12.1 Å². The molecule has 1 amide bonds. The van der Waals surface area contributed by atoms with Crippen LogP contribution in [-0.4, -0.2) is 52.6 Å². The molecule has 6 heteroatoms. The molecule has 3 heterocycles. The minimum Gasteiger partial charge on any atom is -0.497 e. The maximum Gasteiger partial charge on any atom is 0.227 e. The molecule has 4 rings (SSSR count). The van der Waals surface area contributed by atoms with E-state index in [1.54, 1.807) is 19.5 Å². The molecule has 1 aromatic heterocycles. The van der Waals surface area contributed by atoms with Crippen molar-refractivity contribution in [3.63, 3.8) is 0 Å². The van der Waals surface area contributed by atoms with Crippen molar-refractivity contribution in [2.24, 2.45) is 0 Å². The minimum absolute atomic E-state index is 0.164. The highest BCUT2D eigenvalue weighted by Crippen LogP contribution is 2.46. The maximum absolute atomic E-state index is 12.5. The second kappa shape index (κ2) is 7.19. The van der Waals surface area contributed by atoms with Gasteiger partial charge in [-0.3, -0.25) is 9.78 Å². The van der Waals surface area contributed by atoms with Crippen molar-refractivity contribution in [1.82, 2.24) is 9.88 Å². The number of carbonyl (C=O) groups is 1. The van der Waals surface area contributed by atoms with Gasteiger partial charge in [-0.15, -0.1) is 11.8 Å². The quantitative estimate of drug-likeness (QED) is 0.810. The van der Waals surface area contributed by atoms with E-state index in [-0.39, 0.29) is 16.8 Å². The molecule has 136 valence electrons. The predicted molar refractivity (Wildman–Crippen MR) is 102 cm³/mol. The molecule has 0 N–H and O–H groups in total. The molecule has 2 aromatic rings. The maximum atomic E-state index is 12.5. The number of amides is 1. The Morgan fingerprint density at radius 2 is 2.15 bits per heavy atom. The zero-order valence-electron chi connectivity index (χ0n) is 14.8.